The van der Waals surface area contributed by atoms with E-state index in [4.69, 9.17) is 0 Å². The number of carbonyl (C=O) groups is 1. The van der Waals surface area contributed by atoms with E-state index in [1.807, 2.05) is 29.2 Å². The normalized spacial score (nSPS) is 18.3. The Bertz CT molecular complexity index is 784. The monoisotopic (exact) mass is 330 g/mol. The van der Waals surface area contributed by atoms with Gasteiger partial charge in [-0.3, -0.25) is 9.59 Å². The third-order valence-corrected chi connectivity index (χ3v) is 5.52. The maximum absolute atomic E-state index is 12.4. The van der Waals surface area contributed by atoms with Crippen molar-refractivity contribution in [1.82, 2.24) is 9.47 Å². The van der Waals surface area contributed by atoms with Gasteiger partial charge in [-0.25, -0.2) is 0 Å². The number of benzene rings is 1. The van der Waals surface area contributed by atoms with E-state index in [2.05, 4.69) is 6.92 Å². The topological polar surface area (TPSA) is 42.3 Å². The fourth-order valence-electron chi connectivity index (χ4n) is 3.15. The van der Waals surface area contributed by atoms with Crippen molar-refractivity contribution in [2.45, 2.75) is 24.7 Å². The van der Waals surface area contributed by atoms with Crippen molar-refractivity contribution in [2.75, 3.05) is 18.8 Å². The SMILES string of the molecule is CC1CCCN(C(=O)CSc2cc(=O)n(C)c3ccccc23)C1. The predicted molar refractivity (Wildman–Crippen MR) is 94.9 cm³/mol. The molecule has 4 nitrogen and oxygen atoms in total. The highest BCUT2D eigenvalue weighted by molar-refractivity contribution is 8.00. The van der Waals surface area contributed by atoms with Crippen molar-refractivity contribution < 1.29 is 4.79 Å². The number of rotatable bonds is 3. The number of amides is 1. The number of nitrogens with zero attached hydrogens (tertiary/aromatic N) is 2. The first kappa shape index (κ1) is 16.1. The summed E-state index contributed by atoms with van der Waals surface area (Å²) in [4.78, 5) is 27.4. The molecule has 2 heterocycles. The van der Waals surface area contributed by atoms with Gasteiger partial charge < -0.3 is 9.47 Å². The quantitative estimate of drug-likeness (QED) is 0.813. The number of hydrogen-bond donors (Lipinski definition) is 0. The first-order chi connectivity index (χ1) is 11.1. The Morgan fingerprint density at radius 3 is 2.91 bits per heavy atom. The Hall–Kier alpha value is -1.75. The van der Waals surface area contributed by atoms with Crippen LogP contribution in [0.3, 0.4) is 0 Å². The van der Waals surface area contributed by atoms with Crippen molar-refractivity contribution in [3.63, 3.8) is 0 Å². The van der Waals surface area contributed by atoms with Crippen LogP contribution in [0, 0.1) is 5.92 Å². The van der Waals surface area contributed by atoms with Crippen LogP contribution in [0.4, 0.5) is 0 Å². The van der Waals surface area contributed by atoms with E-state index in [1.54, 1.807) is 17.7 Å². The van der Waals surface area contributed by atoms with E-state index in [-0.39, 0.29) is 11.5 Å². The van der Waals surface area contributed by atoms with Crippen molar-refractivity contribution >= 4 is 28.6 Å². The largest absolute Gasteiger partial charge is 0.342 e. The van der Waals surface area contributed by atoms with Crippen LogP contribution in [-0.4, -0.2) is 34.2 Å². The third kappa shape index (κ3) is 3.44. The smallest absolute Gasteiger partial charge is 0.251 e. The van der Waals surface area contributed by atoms with Gasteiger partial charge in [0, 0.05) is 36.5 Å². The van der Waals surface area contributed by atoms with Crippen LogP contribution in [0.1, 0.15) is 19.8 Å². The molecule has 0 radical (unpaired) electrons. The summed E-state index contributed by atoms with van der Waals surface area (Å²) < 4.78 is 1.65. The fourth-order valence-corrected chi connectivity index (χ4v) is 4.12. The maximum atomic E-state index is 12.4. The van der Waals surface area contributed by atoms with Crippen LogP contribution in [-0.2, 0) is 11.8 Å². The van der Waals surface area contributed by atoms with E-state index >= 15 is 0 Å². The van der Waals surface area contributed by atoms with Crippen LogP contribution in [0.25, 0.3) is 10.9 Å². The van der Waals surface area contributed by atoms with E-state index in [0.717, 1.165) is 35.3 Å². The molecule has 2 aromatic rings. The van der Waals surface area contributed by atoms with Gasteiger partial charge in [0.25, 0.3) is 5.56 Å². The maximum Gasteiger partial charge on any atom is 0.251 e. The molecule has 1 aliphatic rings. The molecular weight excluding hydrogens is 308 g/mol. The standard InChI is InChI=1S/C18H22N2O2S/c1-13-6-5-9-20(11-13)18(22)12-23-16-10-17(21)19(2)15-8-4-3-7-14(15)16/h3-4,7-8,10,13H,5-6,9,11-12H2,1-2H3. The minimum atomic E-state index is -0.0368. The lowest BCUT2D eigenvalue weighted by molar-refractivity contribution is -0.130. The van der Waals surface area contributed by atoms with E-state index < -0.39 is 0 Å². The number of thioether (sulfide) groups is 1. The van der Waals surface area contributed by atoms with Crippen LogP contribution >= 0.6 is 11.8 Å². The van der Waals surface area contributed by atoms with Crippen LogP contribution in [0.15, 0.2) is 40.0 Å². The van der Waals surface area contributed by atoms with Gasteiger partial charge in [0.2, 0.25) is 5.91 Å². The minimum Gasteiger partial charge on any atom is -0.342 e. The summed E-state index contributed by atoms with van der Waals surface area (Å²) in [6, 6.07) is 9.47. The molecular formula is C18H22N2O2S. The molecule has 1 aromatic heterocycles. The number of carbonyl (C=O) groups excluding carboxylic acids is 1. The Morgan fingerprint density at radius 1 is 1.35 bits per heavy atom. The molecule has 3 rings (SSSR count). The third-order valence-electron chi connectivity index (χ3n) is 4.48. The average Bonchev–Trinajstić information content (AvgIpc) is 2.56. The summed E-state index contributed by atoms with van der Waals surface area (Å²) in [7, 11) is 1.78. The summed E-state index contributed by atoms with van der Waals surface area (Å²) in [5.41, 5.74) is 0.867. The summed E-state index contributed by atoms with van der Waals surface area (Å²) in [5, 5.41) is 1.03. The van der Waals surface area contributed by atoms with Crippen LogP contribution in [0.2, 0.25) is 0 Å². The van der Waals surface area contributed by atoms with Crippen molar-refractivity contribution in [1.29, 1.82) is 0 Å². The zero-order chi connectivity index (χ0) is 16.4. The lowest BCUT2D eigenvalue weighted by Crippen LogP contribution is -2.40. The predicted octanol–water partition coefficient (Wildman–Crippen LogP) is 2.89. The number of pyridine rings is 1. The highest BCUT2D eigenvalue weighted by Crippen LogP contribution is 2.27. The number of fused-ring (bicyclic) bond motifs is 1. The summed E-state index contributed by atoms with van der Waals surface area (Å²) in [6.45, 7) is 3.92. The second-order valence-corrected chi connectivity index (χ2v) is 7.32. The van der Waals surface area contributed by atoms with Gasteiger partial charge in [0.15, 0.2) is 0 Å². The Labute approximate surface area is 140 Å². The van der Waals surface area contributed by atoms with Gasteiger partial charge >= 0.3 is 0 Å². The van der Waals surface area contributed by atoms with Gasteiger partial charge in [-0.15, -0.1) is 11.8 Å². The molecule has 1 unspecified atom stereocenters. The zero-order valence-corrected chi connectivity index (χ0v) is 14.4. The number of piperidine rings is 1. The van der Waals surface area contributed by atoms with Gasteiger partial charge in [-0.05, 0) is 24.8 Å². The lowest BCUT2D eigenvalue weighted by Gasteiger charge is -2.30. The van der Waals surface area contributed by atoms with Crippen LogP contribution < -0.4 is 5.56 Å². The highest BCUT2D eigenvalue weighted by Gasteiger charge is 2.21. The number of likely N-dealkylation sites (tertiary alicyclic amines) is 1. The zero-order valence-electron chi connectivity index (χ0n) is 13.6. The first-order valence-corrected chi connectivity index (χ1v) is 9.04. The molecule has 1 aliphatic heterocycles. The van der Waals surface area contributed by atoms with Gasteiger partial charge in [0.05, 0.1) is 11.3 Å². The molecule has 1 aromatic carbocycles. The minimum absolute atomic E-state index is 0.0368. The van der Waals surface area contributed by atoms with Crippen molar-refractivity contribution in [2.24, 2.45) is 13.0 Å². The van der Waals surface area contributed by atoms with Crippen LogP contribution in [0.5, 0.6) is 0 Å². The second kappa shape index (κ2) is 6.79. The molecule has 122 valence electrons. The van der Waals surface area contributed by atoms with E-state index in [1.165, 1.54) is 18.2 Å². The van der Waals surface area contributed by atoms with Gasteiger partial charge in [-0.2, -0.15) is 0 Å². The molecule has 1 amide bonds. The van der Waals surface area contributed by atoms with Crippen molar-refractivity contribution in [3.8, 4) is 0 Å². The average molecular weight is 330 g/mol. The molecule has 1 atom stereocenters. The Balaban J connectivity index is 1.78. The molecule has 0 bridgehead atoms. The Morgan fingerprint density at radius 2 is 2.13 bits per heavy atom. The molecule has 5 heteroatoms. The second-order valence-electron chi connectivity index (χ2n) is 6.30. The van der Waals surface area contributed by atoms with Gasteiger partial charge in [0.1, 0.15) is 0 Å². The molecule has 0 spiro atoms. The molecule has 1 saturated heterocycles. The Kier molecular flexibility index (Phi) is 4.76. The lowest BCUT2D eigenvalue weighted by atomic mass is 10.0. The molecule has 0 N–H and O–H groups in total. The number of para-hydroxylation sites is 1. The van der Waals surface area contributed by atoms with E-state index in [0.29, 0.717) is 11.7 Å². The molecule has 23 heavy (non-hydrogen) atoms. The number of aryl methyl sites for hydroxylation is 1. The number of aromatic nitrogens is 1. The molecule has 0 saturated carbocycles. The fraction of sp³-hybridized carbons (Fsp3) is 0.444. The van der Waals surface area contributed by atoms with Crippen molar-refractivity contribution in [3.05, 3.63) is 40.7 Å². The summed E-state index contributed by atoms with van der Waals surface area (Å²) in [6.07, 6.45) is 2.29. The number of hydrogen-bond acceptors (Lipinski definition) is 3. The summed E-state index contributed by atoms with van der Waals surface area (Å²) in [5.74, 6) is 1.15. The first-order valence-electron chi connectivity index (χ1n) is 8.05. The highest BCUT2D eigenvalue weighted by atomic mass is 32.2. The summed E-state index contributed by atoms with van der Waals surface area (Å²) >= 11 is 1.47. The van der Waals surface area contributed by atoms with E-state index in [9.17, 15) is 9.59 Å². The van der Waals surface area contributed by atoms with Gasteiger partial charge in [-0.1, -0.05) is 25.1 Å². The molecule has 1 fully saturated rings. The molecule has 0 aliphatic carbocycles.